The maximum absolute atomic E-state index is 13.5. The fraction of sp³-hybridized carbons (Fsp3) is 0.222. The molecule has 0 spiro atoms. The van der Waals surface area contributed by atoms with Crippen molar-refractivity contribution in [2.75, 3.05) is 27.1 Å². The molecule has 3 heterocycles. The van der Waals surface area contributed by atoms with Crippen LogP contribution in [0.3, 0.4) is 0 Å². The highest BCUT2D eigenvalue weighted by molar-refractivity contribution is 7.99. The molecular weight excluding hydrogens is 506 g/mol. The number of aromatic nitrogens is 3. The second-order valence-electron chi connectivity index (χ2n) is 8.25. The average molecular weight is 532 g/mol. The summed E-state index contributed by atoms with van der Waals surface area (Å²) < 4.78 is 21.9. The van der Waals surface area contributed by atoms with Crippen molar-refractivity contribution >= 4 is 23.4 Å². The van der Waals surface area contributed by atoms with Gasteiger partial charge in [0.05, 0.1) is 44.4 Å². The predicted octanol–water partition coefficient (Wildman–Crippen LogP) is 4.63. The molecule has 0 saturated carbocycles. The third-order valence-corrected chi connectivity index (χ3v) is 6.82. The van der Waals surface area contributed by atoms with Crippen molar-refractivity contribution in [3.63, 3.8) is 0 Å². The maximum Gasteiger partial charge on any atom is 0.277 e. The summed E-state index contributed by atoms with van der Waals surface area (Å²) in [7, 11) is 4.79. The molecule has 1 aliphatic heterocycles. The molecule has 0 N–H and O–H groups in total. The summed E-state index contributed by atoms with van der Waals surface area (Å²) in [6.07, 6.45) is 3.84. The molecule has 4 aromatic rings. The van der Waals surface area contributed by atoms with Crippen LogP contribution < -0.4 is 14.2 Å². The number of hydrogen-bond donors (Lipinski definition) is 0. The second kappa shape index (κ2) is 11.3. The number of benzene rings is 2. The van der Waals surface area contributed by atoms with Crippen LogP contribution in [0.4, 0.5) is 0 Å². The van der Waals surface area contributed by atoms with E-state index in [2.05, 4.69) is 15.2 Å². The Morgan fingerprint density at radius 3 is 2.53 bits per heavy atom. The van der Waals surface area contributed by atoms with E-state index < -0.39 is 0 Å². The standard InChI is InChI=1S/C27H25N5O5S/c1-34-20-9-6-17(7-10-20)21-14-22(18-8-11-23(35-2)24(13-18)36-3)32(31-21)25(33)16-38-27-30-29-26(37-27)19-5-4-12-28-15-19/h4-13,15,22H,14,16H2,1-3H3. The van der Waals surface area contributed by atoms with Gasteiger partial charge in [0.2, 0.25) is 5.89 Å². The van der Waals surface area contributed by atoms with Crippen molar-refractivity contribution in [3.05, 3.63) is 78.1 Å². The van der Waals surface area contributed by atoms with Gasteiger partial charge in [-0.3, -0.25) is 9.78 Å². The number of hydrazone groups is 1. The fourth-order valence-electron chi connectivity index (χ4n) is 4.08. The Balaban J connectivity index is 1.38. The minimum Gasteiger partial charge on any atom is -0.497 e. The van der Waals surface area contributed by atoms with E-state index in [1.807, 2.05) is 48.5 Å². The number of ether oxygens (including phenoxy) is 3. The fourth-order valence-corrected chi connectivity index (χ4v) is 4.70. The third kappa shape index (κ3) is 5.32. The van der Waals surface area contributed by atoms with Gasteiger partial charge in [0.1, 0.15) is 5.75 Å². The normalized spacial score (nSPS) is 14.8. The SMILES string of the molecule is COc1ccc(C2=NN(C(=O)CSc3nnc(-c4cccnc4)o3)C(c3ccc(OC)c(OC)c3)C2)cc1. The molecule has 194 valence electrons. The van der Waals surface area contributed by atoms with Crippen LogP contribution in [0.1, 0.15) is 23.6 Å². The third-order valence-electron chi connectivity index (χ3n) is 6.02. The van der Waals surface area contributed by atoms with Crippen molar-refractivity contribution in [1.82, 2.24) is 20.2 Å². The number of pyridine rings is 1. The number of amides is 1. The smallest absolute Gasteiger partial charge is 0.277 e. The summed E-state index contributed by atoms with van der Waals surface area (Å²) in [5.74, 6) is 2.16. The predicted molar refractivity (Wildman–Crippen MR) is 142 cm³/mol. The summed E-state index contributed by atoms with van der Waals surface area (Å²) in [5.41, 5.74) is 3.30. The van der Waals surface area contributed by atoms with Crippen LogP contribution in [0.25, 0.3) is 11.5 Å². The van der Waals surface area contributed by atoms with Crippen molar-refractivity contribution in [3.8, 4) is 28.7 Å². The van der Waals surface area contributed by atoms with E-state index in [0.717, 1.165) is 34.3 Å². The lowest BCUT2D eigenvalue weighted by Gasteiger charge is -2.22. The summed E-state index contributed by atoms with van der Waals surface area (Å²) >= 11 is 1.16. The van der Waals surface area contributed by atoms with E-state index >= 15 is 0 Å². The van der Waals surface area contributed by atoms with E-state index in [9.17, 15) is 4.79 Å². The van der Waals surface area contributed by atoms with Crippen molar-refractivity contribution in [1.29, 1.82) is 0 Å². The van der Waals surface area contributed by atoms with E-state index in [4.69, 9.17) is 23.7 Å². The number of hydrogen-bond acceptors (Lipinski definition) is 10. The quantitative estimate of drug-likeness (QED) is 0.285. The second-order valence-corrected chi connectivity index (χ2v) is 9.18. The first-order chi connectivity index (χ1) is 18.6. The van der Waals surface area contributed by atoms with Crippen molar-refractivity contribution in [2.45, 2.75) is 17.7 Å². The lowest BCUT2D eigenvalue weighted by atomic mass is 9.98. The average Bonchev–Trinajstić information content (AvgIpc) is 3.64. The maximum atomic E-state index is 13.5. The lowest BCUT2D eigenvalue weighted by Crippen LogP contribution is -2.28. The molecule has 2 aromatic carbocycles. The minimum absolute atomic E-state index is 0.0673. The molecule has 2 aromatic heterocycles. The molecule has 1 aliphatic rings. The van der Waals surface area contributed by atoms with Crippen LogP contribution in [-0.4, -0.2) is 58.9 Å². The van der Waals surface area contributed by atoms with E-state index in [0.29, 0.717) is 34.6 Å². The molecule has 0 saturated heterocycles. The Hall–Kier alpha value is -4.38. The first-order valence-electron chi connectivity index (χ1n) is 11.7. The Labute approximate surface area is 223 Å². The molecule has 0 aliphatic carbocycles. The molecule has 0 bridgehead atoms. The molecule has 1 unspecified atom stereocenters. The summed E-state index contributed by atoms with van der Waals surface area (Å²) in [4.78, 5) is 17.5. The van der Waals surface area contributed by atoms with Gasteiger partial charge in [-0.1, -0.05) is 17.8 Å². The van der Waals surface area contributed by atoms with Gasteiger partial charge in [-0.05, 0) is 59.7 Å². The van der Waals surface area contributed by atoms with Gasteiger partial charge in [-0.2, -0.15) is 5.10 Å². The zero-order valence-corrected chi connectivity index (χ0v) is 21.8. The van der Waals surface area contributed by atoms with Crippen molar-refractivity contribution in [2.24, 2.45) is 5.10 Å². The number of thioether (sulfide) groups is 1. The lowest BCUT2D eigenvalue weighted by molar-refractivity contribution is -0.130. The molecule has 10 nitrogen and oxygen atoms in total. The Bertz CT molecular complexity index is 1440. The highest BCUT2D eigenvalue weighted by atomic mass is 32.2. The van der Waals surface area contributed by atoms with Gasteiger partial charge in [-0.25, -0.2) is 5.01 Å². The van der Waals surface area contributed by atoms with Crippen LogP contribution in [0.5, 0.6) is 17.2 Å². The topological polar surface area (TPSA) is 112 Å². The van der Waals surface area contributed by atoms with Gasteiger partial charge in [0.25, 0.3) is 11.1 Å². The van der Waals surface area contributed by atoms with Crippen LogP contribution in [0, 0.1) is 0 Å². The molecule has 11 heteroatoms. The van der Waals surface area contributed by atoms with E-state index in [1.54, 1.807) is 39.8 Å². The molecule has 38 heavy (non-hydrogen) atoms. The molecule has 1 amide bonds. The Morgan fingerprint density at radius 2 is 1.82 bits per heavy atom. The Kier molecular flexibility index (Phi) is 7.55. The van der Waals surface area contributed by atoms with Gasteiger partial charge < -0.3 is 18.6 Å². The summed E-state index contributed by atoms with van der Waals surface area (Å²) in [6, 6.07) is 16.5. The van der Waals surface area contributed by atoms with Crippen LogP contribution >= 0.6 is 11.8 Å². The minimum atomic E-state index is -0.325. The number of methoxy groups -OCH3 is 3. The zero-order valence-electron chi connectivity index (χ0n) is 21.0. The molecule has 0 radical (unpaired) electrons. The number of rotatable bonds is 9. The molecule has 0 fully saturated rings. The molecular formula is C27H25N5O5S. The van der Waals surface area contributed by atoms with Gasteiger partial charge >= 0.3 is 0 Å². The van der Waals surface area contributed by atoms with Gasteiger partial charge in [0.15, 0.2) is 11.5 Å². The van der Waals surface area contributed by atoms with Crippen LogP contribution in [0.2, 0.25) is 0 Å². The highest BCUT2D eigenvalue weighted by Crippen LogP contribution is 2.38. The van der Waals surface area contributed by atoms with E-state index in [-0.39, 0.29) is 17.7 Å². The monoisotopic (exact) mass is 531 g/mol. The van der Waals surface area contributed by atoms with Crippen LogP contribution in [-0.2, 0) is 4.79 Å². The number of carbonyl (C=O) groups excluding carboxylic acids is 1. The summed E-state index contributed by atoms with van der Waals surface area (Å²) in [5, 5.41) is 14.7. The zero-order chi connectivity index (χ0) is 26.5. The van der Waals surface area contributed by atoms with Crippen LogP contribution in [0.15, 0.2) is 81.7 Å². The summed E-state index contributed by atoms with van der Waals surface area (Å²) in [6.45, 7) is 0. The first-order valence-corrected chi connectivity index (χ1v) is 12.7. The van der Waals surface area contributed by atoms with Crippen molar-refractivity contribution < 1.29 is 23.4 Å². The molecule has 1 atom stereocenters. The largest absolute Gasteiger partial charge is 0.497 e. The first kappa shape index (κ1) is 25.3. The highest BCUT2D eigenvalue weighted by Gasteiger charge is 2.34. The van der Waals surface area contributed by atoms with E-state index in [1.165, 1.54) is 5.01 Å². The Morgan fingerprint density at radius 1 is 1.00 bits per heavy atom. The van der Waals surface area contributed by atoms with Gasteiger partial charge in [-0.15, -0.1) is 10.2 Å². The number of nitrogens with zero attached hydrogens (tertiary/aromatic N) is 5. The number of carbonyl (C=O) groups is 1. The van der Waals surface area contributed by atoms with Gasteiger partial charge in [0, 0.05) is 18.8 Å². The molecule has 5 rings (SSSR count).